The second-order valence-electron chi connectivity index (χ2n) is 4.31. The Labute approximate surface area is 114 Å². The van der Waals surface area contributed by atoms with Gasteiger partial charge in [0.15, 0.2) is 5.82 Å². The maximum Gasteiger partial charge on any atom is 0.322 e. The summed E-state index contributed by atoms with van der Waals surface area (Å²) in [4.78, 5) is 13.2. The molecule has 1 saturated heterocycles. The highest BCUT2D eigenvalue weighted by Gasteiger charge is 2.32. The van der Waals surface area contributed by atoms with Gasteiger partial charge < -0.3 is 20.1 Å². The standard InChI is InChI=1S/C12H14ClFN2O3/c1-16(9-5-19-6-10(9)17)12(18)15-8-4-2-3-7(13)11(8)14/h2-4,9-10,17H,5-6H2,1H3,(H,15,18)/t9-,10-/m0/s1. The van der Waals surface area contributed by atoms with Crippen molar-refractivity contribution in [3.8, 4) is 0 Å². The quantitative estimate of drug-likeness (QED) is 0.871. The van der Waals surface area contributed by atoms with Crippen molar-refractivity contribution in [2.24, 2.45) is 0 Å². The van der Waals surface area contributed by atoms with E-state index in [1.807, 2.05) is 0 Å². The normalized spacial score (nSPS) is 22.3. The Morgan fingerprint density at radius 3 is 2.95 bits per heavy atom. The van der Waals surface area contributed by atoms with E-state index in [4.69, 9.17) is 16.3 Å². The fourth-order valence-corrected chi connectivity index (χ4v) is 2.03. The molecule has 1 aliphatic rings. The number of likely N-dealkylation sites (N-methyl/N-ethyl adjacent to an activating group) is 1. The molecule has 0 unspecified atom stereocenters. The minimum absolute atomic E-state index is 0.00208. The molecule has 2 amide bonds. The number of carbonyl (C=O) groups excluding carboxylic acids is 1. The predicted molar refractivity (Wildman–Crippen MR) is 68.8 cm³/mol. The van der Waals surface area contributed by atoms with E-state index in [1.54, 1.807) is 0 Å². The molecule has 0 radical (unpaired) electrons. The fraction of sp³-hybridized carbons (Fsp3) is 0.417. The molecule has 0 aromatic heterocycles. The Morgan fingerprint density at radius 1 is 1.58 bits per heavy atom. The molecule has 5 nitrogen and oxygen atoms in total. The molecule has 2 atom stereocenters. The van der Waals surface area contributed by atoms with Gasteiger partial charge in [-0.05, 0) is 12.1 Å². The number of amides is 2. The number of benzene rings is 1. The van der Waals surface area contributed by atoms with Gasteiger partial charge in [-0.15, -0.1) is 0 Å². The van der Waals surface area contributed by atoms with Crippen LogP contribution in [0.5, 0.6) is 0 Å². The maximum atomic E-state index is 13.6. The summed E-state index contributed by atoms with van der Waals surface area (Å²) in [6.07, 6.45) is -0.736. The lowest BCUT2D eigenvalue weighted by Crippen LogP contribution is -2.46. The van der Waals surface area contributed by atoms with Gasteiger partial charge in [-0.2, -0.15) is 0 Å². The number of nitrogens with one attached hydrogen (secondary N) is 1. The first kappa shape index (κ1) is 14.0. The van der Waals surface area contributed by atoms with Gasteiger partial charge in [0.2, 0.25) is 0 Å². The summed E-state index contributed by atoms with van der Waals surface area (Å²) in [7, 11) is 1.51. The summed E-state index contributed by atoms with van der Waals surface area (Å²) < 4.78 is 18.7. The third-order valence-corrected chi connectivity index (χ3v) is 3.32. The molecule has 1 aromatic rings. The number of rotatable bonds is 2. The number of hydrogen-bond acceptors (Lipinski definition) is 3. The molecule has 19 heavy (non-hydrogen) atoms. The fourth-order valence-electron chi connectivity index (χ4n) is 1.86. The zero-order valence-corrected chi connectivity index (χ0v) is 11.0. The zero-order valence-electron chi connectivity index (χ0n) is 10.3. The average molecular weight is 289 g/mol. The van der Waals surface area contributed by atoms with E-state index in [0.717, 1.165) is 0 Å². The number of halogens is 2. The molecule has 0 bridgehead atoms. The van der Waals surface area contributed by atoms with E-state index < -0.39 is 24.0 Å². The second-order valence-corrected chi connectivity index (χ2v) is 4.72. The van der Waals surface area contributed by atoms with Crippen LogP contribution in [0, 0.1) is 5.82 Å². The lowest BCUT2D eigenvalue weighted by molar-refractivity contribution is 0.106. The third kappa shape index (κ3) is 2.97. The largest absolute Gasteiger partial charge is 0.388 e. The van der Waals surface area contributed by atoms with Crippen LogP contribution in [0.3, 0.4) is 0 Å². The van der Waals surface area contributed by atoms with Gasteiger partial charge in [0.25, 0.3) is 0 Å². The minimum atomic E-state index is -0.736. The van der Waals surface area contributed by atoms with Crippen LogP contribution in [0.1, 0.15) is 0 Å². The van der Waals surface area contributed by atoms with Crippen LogP contribution in [0.4, 0.5) is 14.9 Å². The average Bonchev–Trinajstić information content (AvgIpc) is 2.80. The highest BCUT2D eigenvalue weighted by molar-refractivity contribution is 6.31. The summed E-state index contributed by atoms with van der Waals surface area (Å²) in [5.74, 6) is -0.686. The van der Waals surface area contributed by atoms with E-state index >= 15 is 0 Å². The van der Waals surface area contributed by atoms with Crippen molar-refractivity contribution in [2.75, 3.05) is 25.6 Å². The summed E-state index contributed by atoms with van der Waals surface area (Å²) in [5.41, 5.74) is -0.00208. The highest BCUT2D eigenvalue weighted by Crippen LogP contribution is 2.22. The minimum Gasteiger partial charge on any atom is -0.388 e. The van der Waals surface area contributed by atoms with Crippen LogP contribution < -0.4 is 5.32 Å². The molecule has 0 spiro atoms. The van der Waals surface area contributed by atoms with Crippen molar-refractivity contribution in [3.05, 3.63) is 29.0 Å². The topological polar surface area (TPSA) is 61.8 Å². The van der Waals surface area contributed by atoms with Gasteiger partial charge in [0.05, 0.1) is 36.1 Å². The molecule has 1 heterocycles. The summed E-state index contributed by atoms with van der Waals surface area (Å²) >= 11 is 5.63. The van der Waals surface area contributed by atoms with Gasteiger partial charge in [-0.25, -0.2) is 9.18 Å². The molecule has 1 aromatic carbocycles. The van der Waals surface area contributed by atoms with E-state index in [9.17, 15) is 14.3 Å². The van der Waals surface area contributed by atoms with Crippen molar-refractivity contribution in [3.63, 3.8) is 0 Å². The molecular formula is C12H14ClFN2O3. The van der Waals surface area contributed by atoms with E-state index in [1.165, 1.54) is 30.1 Å². The molecule has 2 rings (SSSR count). The highest BCUT2D eigenvalue weighted by atomic mass is 35.5. The van der Waals surface area contributed by atoms with Crippen molar-refractivity contribution in [1.82, 2.24) is 4.90 Å². The van der Waals surface area contributed by atoms with Crippen molar-refractivity contribution >= 4 is 23.3 Å². The molecule has 1 fully saturated rings. The number of carbonyl (C=O) groups is 1. The van der Waals surface area contributed by atoms with E-state index in [0.29, 0.717) is 0 Å². The first-order chi connectivity index (χ1) is 9.00. The Morgan fingerprint density at radius 2 is 2.32 bits per heavy atom. The van der Waals surface area contributed by atoms with Gasteiger partial charge in [-0.3, -0.25) is 0 Å². The predicted octanol–water partition coefficient (Wildman–Crippen LogP) is 1.70. The van der Waals surface area contributed by atoms with E-state index in [-0.39, 0.29) is 23.9 Å². The van der Waals surface area contributed by atoms with Crippen LogP contribution in [0.2, 0.25) is 5.02 Å². The lowest BCUT2D eigenvalue weighted by Gasteiger charge is -2.26. The number of anilines is 1. The number of ether oxygens (including phenoxy) is 1. The SMILES string of the molecule is CN(C(=O)Nc1cccc(Cl)c1F)[C@H]1COC[C@@H]1O. The molecule has 1 aliphatic heterocycles. The van der Waals surface area contributed by atoms with Gasteiger partial charge in [-0.1, -0.05) is 17.7 Å². The first-order valence-electron chi connectivity index (χ1n) is 5.74. The molecule has 7 heteroatoms. The smallest absolute Gasteiger partial charge is 0.322 e. The Bertz CT molecular complexity index is 486. The van der Waals surface area contributed by atoms with Crippen molar-refractivity contribution < 1.29 is 19.0 Å². The van der Waals surface area contributed by atoms with Crippen LogP contribution >= 0.6 is 11.6 Å². The third-order valence-electron chi connectivity index (χ3n) is 3.03. The monoisotopic (exact) mass is 288 g/mol. The Balaban J connectivity index is 2.06. The number of urea groups is 1. The summed E-state index contributed by atoms with van der Waals surface area (Å²) in [6.45, 7) is 0.441. The Kier molecular flexibility index (Phi) is 4.24. The van der Waals surface area contributed by atoms with E-state index in [2.05, 4.69) is 5.32 Å². The zero-order chi connectivity index (χ0) is 14.0. The molecule has 0 saturated carbocycles. The summed E-state index contributed by atoms with van der Waals surface area (Å²) in [6, 6.07) is 3.37. The molecule has 0 aliphatic carbocycles. The second kappa shape index (κ2) is 5.73. The number of nitrogens with zero attached hydrogens (tertiary/aromatic N) is 1. The number of hydrogen-bond donors (Lipinski definition) is 2. The Hall–Kier alpha value is -1.37. The van der Waals surface area contributed by atoms with Crippen LogP contribution in [-0.4, -0.2) is 48.4 Å². The molecular weight excluding hydrogens is 275 g/mol. The lowest BCUT2D eigenvalue weighted by atomic mass is 10.2. The van der Waals surface area contributed by atoms with Crippen LogP contribution in [0.25, 0.3) is 0 Å². The van der Waals surface area contributed by atoms with Gasteiger partial charge >= 0.3 is 6.03 Å². The summed E-state index contributed by atoms with van der Waals surface area (Å²) in [5, 5.41) is 12.0. The van der Waals surface area contributed by atoms with Gasteiger partial charge in [0.1, 0.15) is 0 Å². The molecule has 2 N–H and O–H groups in total. The van der Waals surface area contributed by atoms with Crippen molar-refractivity contribution in [2.45, 2.75) is 12.1 Å². The molecule has 104 valence electrons. The number of aliphatic hydroxyl groups is 1. The van der Waals surface area contributed by atoms with Gasteiger partial charge in [0, 0.05) is 7.05 Å². The maximum absolute atomic E-state index is 13.6. The van der Waals surface area contributed by atoms with Crippen LogP contribution in [-0.2, 0) is 4.74 Å². The first-order valence-corrected chi connectivity index (χ1v) is 6.12. The number of aliphatic hydroxyl groups excluding tert-OH is 1. The van der Waals surface area contributed by atoms with Crippen molar-refractivity contribution in [1.29, 1.82) is 0 Å². The van der Waals surface area contributed by atoms with Crippen LogP contribution in [0.15, 0.2) is 18.2 Å².